The van der Waals surface area contributed by atoms with Gasteiger partial charge in [-0.25, -0.2) is 0 Å². The molecule has 1 aromatic heterocycles. The van der Waals surface area contributed by atoms with E-state index in [1.807, 2.05) is 0 Å². The van der Waals surface area contributed by atoms with Gasteiger partial charge in [0.25, 0.3) is 0 Å². The summed E-state index contributed by atoms with van der Waals surface area (Å²) in [7, 11) is 0. The Bertz CT molecular complexity index is 680. The molecule has 0 N–H and O–H groups in total. The first-order chi connectivity index (χ1) is 10.4. The molecular weight excluding hydrogens is 387 g/mol. The zero-order valence-corrected chi connectivity index (χ0v) is 18.2. The van der Waals surface area contributed by atoms with Crippen molar-refractivity contribution >= 4 is 0 Å². The molecule has 2 nitrogen and oxygen atoms in total. The van der Waals surface area contributed by atoms with Crippen LogP contribution in [0.2, 0.25) is 0 Å². The van der Waals surface area contributed by atoms with Gasteiger partial charge in [0.05, 0.1) is 11.4 Å². The van der Waals surface area contributed by atoms with Crippen molar-refractivity contribution in [3.8, 4) is 11.1 Å². The van der Waals surface area contributed by atoms with Crippen LogP contribution in [0.3, 0.4) is 0 Å². The fourth-order valence-electron chi connectivity index (χ4n) is 3.05. The third-order valence-electron chi connectivity index (χ3n) is 4.16. The summed E-state index contributed by atoms with van der Waals surface area (Å²) in [6.07, 6.45) is 0. The number of benzene rings is 1. The van der Waals surface area contributed by atoms with E-state index in [2.05, 4.69) is 91.3 Å². The average molecular weight is 419 g/mol. The smallest absolute Gasteiger partial charge is 0.0759 e. The maximum atomic E-state index is 5.06. The van der Waals surface area contributed by atoms with E-state index >= 15 is 0 Å². The number of hydrogen-bond donors (Lipinski definition) is 0. The van der Waals surface area contributed by atoms with Crippen LogP contribution < -0.4 is 0 Å². The molecule has 24 heavy (non-hydrogen) atoms. The van der Waals surface area contributed by atoms with Crippen molar-refractivity contribution in [3.63, 3.8) is 0 Å². The minimum atomic E-state index is 0. The molecule has 136 valence electrons. The van der Waals surface area contributed by atoms with E-state index in [1.165, 1.54) is 28.1 Å². The molecule has 0 saturated heterocycles. The van der Waals surface area contributed by atoms with Gasteiger partial charge in [-0.05, 0) is 26.3 Å². The molecule has 1 aromatic carbocycles. The topological polar surface area (TPSA) is 17.8 Å². The van der Waals surface area contributed by atoms with Crippen LogP contribution in [0.1, 0.15) is 78.4 Å². The maximum Gasteiger partial charge on any atom is 0.0759 e. The fraction of sp³-hybridized carbons (Fsp3) is 0.571. The molecule has 0 unspecified atom stereocenters. The molecule has 0 spiro atoms. The van der Waals surface area contributed by atoms with Crippen LogP contribution in [-0.2, 0) is 31.3 Å². The van der Waals surface area contributed by atoms with Gasteiger partial charge >= 0.3 is 0 Å². The van der Waals surface area contributed by atoms with Crippen molar-refractivity contribution in [3.05, 3.63) is 41.2 Å². The maximum absolute atomic E-state index is 5.06. The van der Waals surface area contributed by atoms with Crippen LogP contribution in [0.4, 0.5) is 0 Å². The summed E-state index contributed by atoms with van der Waals surface area (Å²) in [5.41, 5.74) is 6.47. The van der Waals surface area contributed by atoms with Crippen LogP contribution in [0, 0.1) is 6.92 Å². The summed E-state index contributed by atoms with van der Waals surface area (Å²) in [6.45, 7) is 20.2. The average Bonchev–Trinajstić information content (AvgIpc) is 2.79. The molecular formula is C21H32N2Pd. The monoisotopic (exact) mass is 418 g/mol. The van der Waals surface area contributed by atoms with Crippen molar-refractivity contribution in [2.45, 2.75) is 79.2 Å². The SMILES string of the molecule is Cc1ccc(-c2c(C(C)(C)C)nn(C(C)C)c2C(C)(C)C)cc1.[Pd]. The van der Waals surface area contributed by atoms with Gasteiger partial charge in [-0.2, -0.15) is 5.10 Å². The van der Waals surface area contributed by atoms with E-state index in [0.717, 1.165) is 0 Å². The summed E-state index contributed by atoms with van der Waals surface area (Å²) >= 11 is 0. The van der Waals surface area contributed by atoms with E-state index in [1.54, 1.807) is 0 Å². The van der Waals surface area contributed by atoms with E-state index in [4.69, 9.17) is 5.10 Å². The molecule has 0 atom stereocenters. The molecule has 0 aliphatic carbocycles. The Balaban J connectivity index is 0.00000288. The second-order valence-corrected chi connectivity index (χ2v) is 8.98. The van der Waals surface area contributed by atoms with Crippen LogP contribution in [0.25, 0.3) is 11.1 Å². The number of aryl methyl sites for hydroxylation is 1. The summed E-state index contributed by atoms with van der Waals surface area (Å²) in [5, 5.41) is 5.06. The van der Waals surface area contributed by atoms with E-state index in [0.29, 0.717) is 6.04 Å². The molecule has 0 aliphatic heterocycles. The molecule has 0 aliphatic rings. The normalized spacial score (nSPS) is 12.4. The Morgan fingerprint density at radius 3 is 1.75 bits per heavy atom. The van der Waals surface area contributed by atoms with Gasteiger partial charge in [0.15, 0.2) is 0 Å². The Hall–Kier alpha value is -0.908. The van der Waals surface area contributed by atoms with Crippen LogP contribution in [-0.4, -0.2) is 9.78 Å². The van der Waals surface area contributed by atoms with Gasteiger partial charge in [-0.3, -0.25) is 4.68 Å². The van der Waals surface area contributed by atoms with Gasteiger partial charge in [0.1, 0.15) is 0 Å². The summed E-state index contributed by atoms with van der Waals surface area (Å²) in [6, 6.07) is 9.22. The first-order valence-electron chi connectivity index (χ1n) is 8.63. The standard InChI is InChI=1S/C21H32N2.Pd/c1-14(2)23-19(21(7,8)9)17(18(22-23)20(4,5)6)16-12-10-15(3)11-13-16;/h10-14H,1-9H3;. The molecule has 0 saturated carbocycles. The third-order valence-corrected chi connectivity index (χ3v) is 4.16. The predicted octanol–water partition coefficient (Wildman–Crippen LogP) is 6.03. The van der Waals surface area contributed by atoms with Gasteiger partial charge in [0, 0.05) is 42.9 Å². The van der Waals surface area contributed by atoms with Crippen molar-refractivity contribution in [2.24, 2.45) is 0 Å². The molecule has 0 fully saturated rings. The molecule has 1 heterocycles. The van der Waals surface area contributed by atoms with E-state index in [9.17, 15) is 0 Å². The van der Waals surface area contributed by atoms with Crippen molar-refractivity contribution in [1.29, 1.82) is 0 Å². The molecule has 2 aromatic rings. The first-order valence-corrected chi connectivity index (χ1v) is 8.63. The molecule has 0 amide bonds. The van der Waals surface area contributed by atoms with Gasteiger partial charge < -0.3 is 0 Å². The van der Waals surface area contributed by atoms with Crippen molar-refractivity contribution < 1.29 is 20.4 Å². The van der Waals surface area contributed by atoms with E-state index in [-0.39, 0.29) is 31.3 Å². The third kappa shape index (κ3) is 4.19. The van der Waals surface area contributed by atoms with Crippen LogP contribution >= 0.6 is 0 Å². The zero-order valence-electron chi connectivity index (χ0n) is 16.6. The fourth-order valence-corrected chi connectivity index (χ4v) is 3.05. The first kappa shape index (κ1) is 21.1. The zero-order chi connectivity index (χ0) is 17.6. The Morgan fingerprint density at radius 1 is 0.875 bits per heavy atom. The largest absolute Gasteiger partial charge is 0.266 e. The molecule has 2 rings (SSSR count). The number of hydrogen-bond acceptors (Lipinski definition) is 1. The summed E-state index contributed by atoms with van der Waals surface area (Å²) in [5.74, 6) is 0. The summed E-state index contributed by atoms with van der Waals surface area (Å²) in [4.78, 5) is 0. The Morgan fingerprint density at radius 2 is 1.38 bits per heavy atom. The second-order valence-electron chi connectivity index (χ2n) is 8.98. The van der Waals surface area contributed by atoms with Gasteiger partial charge in [-0.15, -0.1) is 0 Å². The molecule has 3 heteroatoms. The Kier molecular flexibility index (Phi) is 6.29. The summed E-state index contributed by atoms with van der Waals surface area (Å²) < 4.78 is 2.23. The van der Waals surface area contributed by atoms with Crippen molar-refractivity contribution in [2.75, 3.05) is 0 Å². The minimum Gasteiger partial charge on any atom is -0.266 e. The predicted molar refractivity (Wildman–Crippen MR) is 100 cm³/mol. The number of aromatic nitrogens is 2. The van der Waals surface area contributed by atoms with Crippen LogP contribution in [0.15, 0.2) is 24.3 Å². The van der Waals surface area contributed by atoms with Crippen LogP contribution in [0.5, 0.6) is 0 Å². The number of rotatable bonds is 2. The Labute approximate surface area is 161 Å². The van der Waals surface area contributed by atoms with Gasteiger partial charge in [-0.1, -0.05) is 71.4 Å². The van der Waals surface area contributed by atoms with Crippen molar-refractivity contribution in [1.82, 2.24) is 9.78 Å². The minimum absolute atomic E-state index is 0. The quantitative estimate of drug-likeness (QED) is 0.544. The van der Waals surface area contributed by atoms with Gasteiger partial charge in [0.2, 0.25) is 0 Å². The molecule has 0 radical (unpaired) electrons. The molecule has 0 bridgehead atoms. The second kappa shape index (κ2) is 7.14. The number of nitrogens with zero attached hydrogens (tertiary/aromatic N) is 2. The van der Waals surface area contributed by atoms with E-state index < -0.39 is 0 Å².